The van der Waals surface area contributed by atoms with Gasteiger partial charge in [-0.2, -0.15) is 0 Å². The molecule has 2 heterocycles. The van der Waals surface area contributed by atoms with Gasteiger partial charge in [-0.1, -0.05) is 18.2 Å². The first-order chi connectivity index (χ1) is 13.1. The van der Waals surface area contributed by atoms with E-state index < -0.39 is 10.7 Å². The number of benzene rings is 2. The number of non-ortho nitro benzene ring substituents is 1. The summed E-state index contributed by atoms with van der Waals surface area (Å²) in [6.45, 7) is 0. The van der Waals surface area contributed by atoms with Gasteiger partial charge in [0.1, 0.15) is 0 Å². The molecule has 1 N–H and O–H groups in total. The zero-order chi connectivity index (χ0) is 18.8. The number of nitro benzene ring substituents is 1. The van der Waals surface area contributed by atoms with Gasteiger partial charge in [-0.15, -0.1) is 0 Å². The third kappa shape index (κ3) is 3.30. The summed E-state index contributed by atoms with van der Waals surface area (Å²) in [4.78, 5) is 18.9. The number of pyridine rings is 2. The van der Waals surface area contributed by atoms with E-state index in [-0.39, 0.29) is 11.4 Å². The van der Waals surface area contributed by atoms with E-state index in [9.17, 15) is 14.5 Å². The number of halogens is 1. The van der Waals surface area contributed by atoms with Crippen molar-refractivity contribution >= 4 is 28.0 Å². The van der Waals surface area contributed by atoms with Crippen molar-refractivity contribution in [3.63, 3.8) is 0 Å². The Hall–Kier alpha value is -3.87. The average molecular weight is 360 g/mol. The Morgan fingerprint density at radius 3 is 2.59 bits per heavy atom. The molecule has 6 nitrogen and oxygen atoms in total. The number of nitrogens with one attached hydrogen (secondary N) is 1. The van der Waals surface area contributed by atoms with Gasteiger partial charge in [0.25, 0.3) is 5.69 Å². The first-order valence-corrected chi connectivity index (χ1v) is 8.13. The van der Waals surface area contributed by atoms with E-state index in [1.807, 2.05) is 36.4 Å². The molecule has 0 fully saturated rings. The lowest BCUT2D eigenvalue weighted by molar-refractivity contribution is -0.385. The summed E-state index contributed by atoms with van der Waals surface area (Å²) in [5.74, 6) is -0.701. The molecule has 4 rings (SSSR count). The molecule has 0 aliphatic carbocycles. The van der Waals surface area contributed by atoms with Crippen LogP contribution in [0, 0.1) is 15.9 Å². The Kier molecular flexibility index (Phi) is 4.18. The van der Waals surface area contributed by atoms with Crippen molar-refractivity contribution in [2.24, 2.45) is 0 Å². The summed E-state index contributed by atoms with van der Waals surface area (Å²) in [7, 11) is 0. The summed E-state index contributed by atoms with van der Waals surface area (Å²) in [5.41, 5.74) is 2.75. The van der Waals surface area contributed by atoms with Crippen molar-refractivity contribution in [1.29, 1.82) is 0 Å². The number of nitrogens with zero attached hydrogens (tertiary/aromatic N) is 3. The molecule has 4 aromatic rings. The fraction of sp³-hybridized carbons (Fsp3) is 0. The average Bonchev–Trinajstić information content (AvgIpc) is 2.70. The van der Waals surface area contributed by atoms with Crippen LogP contribution < -0.4 is 5.32 Å². The normalized spacial score (nSPS) is 10.7. The topological polar surface area (TPSA) is 81.0 Å². The zero-order valence-electron chi connectivity index (χ0n) is 14.0. The first-order valence-electron chi connectivity index (χ1n) is 8.13. The van der Waals surface area contributed by atoms with Crippen LogP contribution in [-0.2, 0) is 0 Å². The number of anilines is 2. The van der Waals surface area contributed by atoms with Crippen molar-refractivity contribution in [2.75, 3.05) is 5.32 Å². The van der Waals surface area contributed by atoms with Crippen LogP contribution in [0.5, 0.6) is 0 Å². The fourth-order valence-electron chi connectivity index (χ4n) is 2.81. The second-order valence-electron chi connectivity index (χ2n) is 5.86. The van der Waals surface area contributed by atoms with Crippen LogP contribution in [0.4, 0.5) is 21.5 Å². The number of aromatic nitrogens is 2. The number of fused-ring (bicyclic) bond motifs is 1. The molecular formula is C20H13FN4O2. The molecule has 2 aromatic heterocycles. The van der Waals surface area contributed by atoms with Crippen LogP contribution in [0.15, 0.2) is 73.1 Å². The van der Waals surface area contributed by atoms with E-state index in [0.717, 1.165) is 22.5 Å². The zero-order valence-corrected chi connectivity index (χ0v) is 14.0. The summed E-state index contributed by atoms with van der Waals surface area (Å²) >= 11 is 0. The quantitative estimate of drug-likeness (QED) is 0.405. The highest BCUT2D eigenvalue weighted by molar-refractivity contribution is 5.95. The van der Waals surface area contributed by atoms with Gasteiger partial charge in [0, 0.05) is 29.4 Å². The molecule has 0 saturated heterocycles. The van der Waals surface area contributed by atoms with Crippen LogP contribution >= 0.6 is 0 Å². The largest absolute Gasteiger partial charge is 0.353 e. The monoisotopic (exact) mass is 360 g/mol. The Bertz CT molecular complexity index is 1150. The van der Waals surface area contributed by atoms with Crippen molar-refractivity contribution in [3.05, 3.63) is 89.0 Å². The SMILES string of the molecule is O=[N+]([O-])c1ccc(Nc2cc(-c3cccnc3)nc3ccccc23)c(F)c1. The summed E-state index contributed by atoms with van der Waals surface area (Å²) < 4.78 is 14.3. The van der Waals surface area contributed by atoms with Gasteiger partial charge in [-0.25, -0.2) is 9.37 Å². The number of nitro groups is 1. The minimum Gasteiger partial charge on any atom is -0.353 e. The van der Waals surface area contributed by atoms with E-state index in [2.05, 4.69) is 15.3 Å². The number of rotatable bonds is 4. The highest BCUT2D eigenvalue weighted by atomic mass is 19.1. The Labute approximate surface area is 153 Å². The molecule has 27 heavy (non-hydrogen) atoms. The molecule has 2 aromatic carbocycles. The molecule has 0 aliphatic rings. The van der Waals surface area contributed by atoms with E-state index in [1.165, 1.54) is 12.1 Å². The molecule has 0 unspecified atom stereocenters. The first kappa shape index (κ1) is 16.6. The Balaban J connectivity index is 1.82. The van der Waals surface area contributed by atoms with Crippen LogP contribution in [0.1, 0.15) is 0 Å². The second kappa shape index (κ2) is 6.80. The fourth-order valence-corrected chi connectivity index (χ4v) is 2.81. The van der Waals surface area contributed by atoms with Gasteiger partial charge in [0.15, 0.2) is 5.82 Å². The van der Waals surface area contributed by atoms with Crippen molar-refractivity contribution in [1.82, 2.24) is 9.97 Å². The van der Waals surface area contributed by atoms with Crippen LogP contribution in [0.25, 0.3) is 22.2 Å². The predicted octanol–water partition coefficient (Wildman–Crippen LogP) is 5.09. The third-order valence-electron chi connectivity index (χ3n) is 4.11. The highest BCUT2D eigenvalue weighted by Gasteiger charge is 2.13. The molecular weight excluding hydrogens is 347 g/mol. The number of hydrogen-bond acceptors (Lipinski definition) is 5. The summed E-state index contributed by atoms with van der Waals surface area (Å²) in [6.07, 6.45) is 3.38. The molecule has 0 amide bonds. The Morgan fingerprint density at radius 1 is 1.00 bits per heavy atom. The lowest BCUT2D eigenvalue weighted by Crippen LogP contribution is -1.98. The van der Waals surface area contributed by atoms with Crippen molar-refractivity contribution in [3.8, 4) is 11.3 Å². The maximum atomic E-state index is 14.3. The van der Waals surface area contributed by atoms with Crippen molar-refractivity contribution in [2.45, 2.75) is 0 Å². The molecule has 0 atom stereocenters. The van der Waals surface area contributed by atoms with Gasteiger partial charge in [-0.3, -0.25) is 15.1 Å². The highest BCUT2D eigenvalue weighted by Crippen LogP contribution is 2.31. The Morgan fingerprint density at radius 2 is 1.85 bits per heavy atom. The maximum absolute atomic E-state index is 14.3. The van der Waals surface area contributed by atoms with E-state index in [1.54, 1.807) is 18.5 Å². The van der Waals surface area contributed by atoms with Gasteiger partial charge in [-0.05, 0) is 30.3 Å². The van der Waals surface area contributed by atoms with E-state index in [0.29, 0.717) is 11.4 Å². The second-order valence-corrected chi connectivity index (χ2v) is 5.86. The van der Waals surface area contributed by atoms with Gasteiger partial charge >= 0.3 is 0 Å². The molecule has 0 bridgehead atoms. The van der Waals surface area contributed by atoms with E-state index in [4.69, 9.17) is 0 Å². The van der Waals surface area contributed by atoms with Crippen LogP contribution in [0.2, 0.25) is 0 Å². The summed E-state index contributed by atoms with van der Waals surface area (Å²) in [6, 6.07) is 16.5. The molecule has 0 radical (unpaired) electrons. The van der Waals surface area contributed by atoms with Crippen LogP contribution in [0.3, 0.4) is 0 Å². The van der Waals surface area contributed by atoms with Gasteiger partial charge in [0.05, 0.1) is 33.6 Å². The number of hydrogen-bond donors (Lipinski definition) is 1. The molecule has 0 aliphatic heterocycles. The molecule has 7 heteroatoms. The van der Waals surface area contributed by atoms with Gasteiger partial charge in [0.2, 0.25) is 0 Å². The standard InChI is InChI=1S/C20H13FN4O2/c21-16-10-14(25(26)27)7-8-18(16)24-20-11-19(13-4-3-9-22-12-13)23-17-6-2-1-5-15(17)20/h1-12H,(H,23,24). The van der Waals surface area contributed by atoms with E-state index >= 15 is 0 Å². The molecule has 0 spiro atoms. The van der Waals surface area contributed by atoms with Crippen LogP contribution in [-0.4, -0.2) is 14.9 Å². The third-order valence-corrected chi connectivity index (χ3v) is 4.11. The van der Waals surface area contributed by atoms with Crippen molar-refractivity contribution < 1.29 is 9.31 Å². The maximum Gasteiger partial charge on any atom is 0.272 e. The molecule has 132 valence electrons. The molecule has 0 saturated carbocycles. The smallest absolute Gasteiger partial charge is 0.272 e. The minimum atomic E-state index is -0.701. The van der Waals surface area contributed by atoms with Gasteiger partial charge < -0.3 is 5.32 Å². The number of para-hydroxylation sites is 1. The lowest BCUT2D eigenvalue weighted by Gasteiger charge is -2.12. The predicted molar refractivity (Wildman–Crippen MR) is 101 cm³/mol. The lowest BCUT2D eigenvalue weighted by atomic mass is 10.1. The summed E-state index contributed by atoms with van der Waals surface area (Å²) in [5, 5.41) is 14.6. The minimum absolute atomic E-state index is 0.147.